The molecular formula is C13H23N3O2. The van der Waals surface area contributed by atoms with Gasteiger partial charge in [-0.15, -0.1) is 10.2 Å². The van der Waals surface area contributed by atoms with Crippen LogP contribution in [0.4, 0.5) is 0 Å². The summed E-state index contributed by atoms with van der Waals surface area (Å²) in [6.07, 6.45) is 4.59. The Morgan fingerprint density at radius 3 is 2.78 bits per heavy atom. The van der Waals surface area contributed by atoms with E-state index in [2.05, 4.69) is 28.6 Å². The Labute approximate surface area is 108 Å². The molecule has 2 heterocycles. The lowest BCUT2D eigenvalue weighted by atomic mass is 10.1. The van der Waals surface area contributed by atoms with Crippen molar-refractivity contribution in [3.8, 4) is 0 Å². The first-order chi connectivity index (χ1) is 8.70. The minimum absolute atomic E-state index is 0.0420. The van der Waals surface area contributed by atoms with Crippen molar-refractivity contribution < 1.29 is 9.84 Å². The number of rotatable bonds is 6. The van der Waals surface area contributed by atoms with Crippen LogP contribution in [-0.2, 0) is 24.3 Å². The highest BCUT2D eigenvalue weighted by Gasteiger charge is 2.18. The molecule has 102 valence electrons. The molecule has 1 fully saturated rings. The molecule has 0 spiro atoms. The number of aromatic nitrogens is 3. The van der Waals surface area contributed by atoms with Gasteiger partial charge in [0, 0.05) is 19.6 Å². The summed E-state index contributed by atoms with van der Waals surface area (Å²) in [6.45, 7) is 6.03. The molecule has 18 heavy (non-hydrogen) atoms. The Hall–Kier alpha value is -0.940. The Bertz CT molecular complexity index is 370. The van der Waals surface area contributed by atoms with Gasteiger partial charge in [0.05, 0.1) is 6.10 Å². The predicted molar refractivity (Wildman–Crippen MR) is 68.1 cm³/mol. The van der Waals surface area contributed by atoms with Gasteiger partial charge in [0.1, 0.15) is 12.4 Å². The molecule has 0 radical (unpaired) electrons. The van der Waals surface area contributed by atoms with Gasteiger partial charge in [0.2, 0.25) is 0 Å². The average Bonchev–Trinajstić information content (AvgIpc) is 2.95. The molecule has 0 amide bonds. The number of aliphatic hydroxyl groups is 1. The lowest BCUT2D eigenvalue weighted by Crippen LogP contribution is -2.14. The van der Waals surface area contributed by atoms with Gasteiger partial charge in [0.15, 0.2) is 5.82 Å². The van der Waals surface area contributed by atoms with Crippen LogP contribution in [0.2, 0.25) is 0 Å². The second-order valence-corrected chi connectivity index (χ2v) is 5.37. The Kier molecular flexibility index (Phi) is 4.72. The summed E-state index contributed by atoms with van der Waals surface area (Å²) in [5, 5.41) is 17.5. The molecule has 0 aromatic carbocycles. The number of hydrogen-bond donors (Lipinski definition) is 1. The highest BCUT2D eigenvalue weighted by Crippen LogP contribution is 2.18. The van der Waals surface area contributed by atoms with Crippen LogP contribution in [0.5, 0.6) is 0 Å². The maximum atomic E-state index is 9.28. The smallest absolute Gasteiger partial charge is 0.158 e. The van der Waals surface area contributed by atoms with Gasteiger partial charge in [0.25, 0.3) is 0 Å². The third kappa shape index (κ3) is 3.29. The van der Waals surface area contributed by atoms with Crippen molar-refractivity contribution in [2.75, 3.05) is 6.61 Å². The summed E-state index contributed by atoms with van der Waals surface area (Å²) in [6, 6.07) is 0. The summed E-state index contributed by atoms with van der Waals surface area (Å²) >= 11 is 0. The summed E-state index contributed by atoms with van der Waals surface area (Å²) in [5.74, 6) is 2.17. The molecule has 5 nitrogen and oxygen atoms in total. The quantitative estimate of drug-likeness (QED) is 0.835. The highest BCUT2D eigenvalue weighted by atomic mass is 16.5. The molecule has 0 saturated carbocycles. The van der Waals surface area contributed by atoms with Crippen LogP contribution in [0.25, 0.3) is 0 Å². The predicted octanol–water partition coefficient (Wildman–Crippen LogP) is 1.54. The third-order valence-electron chi connectivity index (χ3n) is 3.31. The molecule has 5 heteroatoms. The molecule has 1 N–H and O–H groups in total. The molecule has 1 aromatic heterocycles. The van der Waals surface area contributed by atoms with Crippen LogP contribution in [0, 0.1) is 5.92 Å². The fraction of sp³-hybridized carbons (Fsp3) is 0.846. The molecular weight excluding hydrogens is 230 g/mol. The van der Waals surface area contributed by atoms with Crippen LogP contribution in [0.15, 0.2) is 0 Å². The van der Waals surface area contributed by atoms with Gasteiger partial charge >= 0.3 is 0 Å². The fourth-order valence-corrected chi connectivity index (χ4v) is 2.41. The van der Waals surface area contributed by atoms with E-state index in [0.717, 1.165) is 38.2 Å². The van der Waals surface area contributed by atoms with Crippen molar-refractivity contribution in [2.24, 2.45) is 5.92 Å². The van der Waals surface area contributed by atoms with Gasteiger partial charge < -0.3 is 14.4 Å². The molecule has 1 saturated heterocycles. The minimum Gasteiger partial charge on any atom is -0.388 e. The van der Waals surface area contributed by atoms with E-state index >= 15 is 0 Å². The van der Waals surface area contributed by atoms with Crippen molar-refractivity contribution in [3.05, 3.63) is 11.6 Å². The lowest BCUT2D eigenvalue weighted by molar-refractivity contribution is 0.104. The van der Waals surface area contributed by atoms with Gasteiger partial charge in [-0.05, 0) is 25.2 Å². The first kappa shape index (κ1) is 13.5. The number of aryl methyl sites for hydroxylation is 1. The molecule has 0 bridgehead atoms. The summed E-state index contributed by atoms with van der Waals surface area (Å²) in [4.78, 5) is 0. The zero-order valence-electron chi connectivity index (χ0n) is 11.3. The van der Waals surface area contributed by atoms with Gasteiger partial charge in [-0.25, -0.2) is 0 Å². The minimum atomic E-state index is -0.0420. The van der Waals surface area contributed by atoms with Crippen molar-refractivity contribution in [3.63, 3.8) is 0 Å². The normalized spacial score (nSPS) is 19.9. The largest absolute Gasteiger partial charge is 0.388 e. The zero-order chi connectivity index (χ0) is 13.0. The topological polar surface area (TPSA) is 60.2 Å². The number of ether oxygens (including phenoxy) is 1. The van der Waals surface area contributed by atoms with E-state index in [9.17, 15) is 5.11 Å². The van der Waals surface area contributed by atoms with Crippen molar-refractivity contribution in [2.45, 2.75) is 58.8 Å². The Balaban J connectivity index is 1.99. The van der Waals surface area contributed by atoms with Crippen LogP contribution in [-0.4, -0.2) is 32.6 Å². The van der Waals surface area contributed by atoms with E-state index < -0.39 is 0 Å². The first-order valence-electron chi connectivity index (χ1n) is 6.84. The maximum absolute atomic E-state index is 9.28. The van der Waals surface area contributed by atoms with Gasteiger partial charge in [-0.3, -0.25) is 0 Å². The van der Waals surface area contributed by atoms with E-state index in [1.165, 1.54) is 6.42 Å². The second kappa shape index (κ2) is 6.29. The highest BCUT2D eigenvalue weighted by molar-refractivity contribution is 4.96. The zero-order valence-corrected chi connectivity index (χ0v) is 11.3. The summed E-state index contributed by atoms with van der Waals surface area (Å²) in [5.41, 5.74) is 0. The molecule has 1 aliphatic rings. The first-order valence-corrected chi connectivity index (χ1v) is 6.84. The van der Waals surface area contributed by atoms with Crippen LogP contribution < -0.4 is 0 Å². The Morgan fingerprint density at radius 2 is 2.17 bits per heavy atom. The van der Waals surface area contributed by atoms with Crippen LogP contribution in [0.1, 0.15) is 44.8 Å². The molecule has 1 atom stereocenters. The molecule has 1 aromatic rings. The average molecular weight is 253 g/mol. The fourth-order valence-electron chi connectivity index (χ4n) is 2.41. The van der Waals surface area contributed by atoms with Gasteiger partial charge in [-0.1, -0.05) is 13.8 Å². The van der Waals surface area contributed by atoms with Crippen molar-refractivity contribution in [1.82, 2.24) is 14.8 Å². The SMILES string of the molecule is CC(C)Cn1c(CO)nnc1CCC1CCCO1. The molecule has 0 aliphatic carbocycles. The standard InChI is InChI=1S/C13H23N3O2/c1-10(2)8-16-12(14-15-13(16)9-17)6-5-11-4-3-7-18-11/h10-11,17H,3-9H2,1-2H3. The maximum Gasteiger partial charge on any atom is 0.158 e. The Morgan fingerprint density at radius 1 is 1.39 bits per heavy atom. The molecule has 2 rings (SSSR count). The summed E-state index contributed by atoms with van der Waals surface area (Å²) < 4.78 is 7.68. The number of hydrogen-bond acceptors (Lipinski definition) is 4. The van der Waals surface area contributed by atoms with Crippen molar-refractivity contribution >= 4 is 0 Å². The third-order valence-corrected chi connectivity index (χ3v) is 3.31. The number of nitrogens with zero attached hydrogens (tertiary/aromatic N) is 3. The second-order valence-electron chi connectivity index (χ2n) is 5.37. The van der Waals surface area contributed by atoms with E-state index in [-0.39, 0.29) is 6.61 Å². The summed E-state index contributed by atoms with van der Waals surface area (Å²) in [7, 11) is 0. The van der Waals surface area contributed by atoms with E-state index in [1.807, 2.05) is 0 Å². The number of aliphatic hydroxyl groups excluding tert-OH is 1. The van der Waals surface area contributed by atoms with Crippen LogP contribution >= 0.6 is 0 Å². The monoisotopic (exact) mass is 253 g/mol. The van der Waals surface area contributed by atoms with Crippen molar-refractivity contribution in [1.29, 1.82) is 0 Å². The van der Waals surface area contributed by atoms with E-state index in [1.54, 1.807) is 0 Å². The lowest BCUT2D eigenvalue weighted by Gasteiger charge is -2.13. The van der Waals surface area contributed by atoms with Gasteiger partial charge in [-0.2, -0.15) is 0 Å². The molecule has 1 unspecified atom stereocenters. The van der Waals surface area contributed by atoms with Crippen LogP contribution in [0.3, 0.4) is 0 Å². The van der Waals surface area contributed by atoms with E-state index in [4.69, 9.17) is 4.74 Å². The molecule has 1 aliphatic heterocycles. The van der Waals surface area contributed by atoms with E-state index in [0.29, 0.717) is 17.8 Å².